The van der Waals surface area contributed by atoms with Crippen LogP contribution in [-0.4, -0.2) is 11.1 Å². The van der Waals surface area contributed by atoms with Crippen molar-refractivity contribution < 1.29 is 14.3 Å². The smallest absolute Gasteiger partial charge is 0.311 e. The first-order valence-corrected chi connectivity index (χ1v) is 6.59. The van der Waals surface area contributed by atoms with E-state index in [4.69, 9.17) is 11.6 Å². The Morgan fingerprint density at radius 3 is 2.65 bits per heavy atom. The molecule has 0 bridgehead atoms. The summed E-state index contributed by atoms with van der Waals surface area (Å²) in [4.78, 5) is 11.5. The number of hydrogen-bond donors (Lipinski definition) is 1. The summed E-state index contributed by atoms with van der Waals surface area (Å²) < 4.78 is 13.9. The fourth-order valence-electron chi connectivity index (χ4n) is 2.16. The molecule has 0 radical (unpaired) electrons. The quantitative estimate of drug-likeness (QED) is 0.917. The molecule has 0 aliphatic heterocycles. The van der Waals surface area contributed by atoms with Crippen LogP contribution in [0.1, 0.15) is 22.6 Å². The standard InChI is InChI=1S/C16H14ClFO2/c1-10-4-2-5-11(8-10)13(16(19)20)9-12-6-3-7-14(17)15(12)18/h2-8,13H,9H2,1H3,(H,19,20). The normalized spacial score (nSPS) is 12.2. The number of carboxylic acids is 1. The molecular weight excluding hydrogens is 279 g/mol. The predicted molar refractivity (Wildman–Crippen MR) is 76.7 cm³/mol. The molecule has 4 heteroatoms. The maximum absolute atomic E-state index is 13.9. The average molecular weight is 293 g/mol. The van der Waals surface area contributed by atoms with Gasteiger partial charge in [0.15, 0.2) is 0 Å². The molecule has 0 saturated carbocycles. The summed E-state index contributed by atoms with van der Waals surface area (Å²) in [5.74, 6) is -2.31. The van der Waals surface area contributed by atoms with Crippen LogP contribution in [0.3, 0.4) is 0 Å². The number of aliphatic carboxylic acids is 1. The van der Waals surface area contributed by atoms with Crippen LogP contribution in [0.25, 0.3) is 0 Å². The van der Waals surface area contributed by atoms with Gasteiger partial charge in [-0.25, -0.2) is 4.39 Å². The highest BCUT2D eigenvalue weighted by atomic mass is 35.5. The molecule has 0 heterocycles. The summed E-state index contributed by atoms with van der Waals surface area (Å²) in [5.41, 5.74) is 1.95. The molecule has 1 atom stereocenters. The molecule has 2 nitrogen and oxygen atoms in total. The molecule has 104 valence electrons. The Morgan fingerprint density at radius 1 is 1.30 bits per heavy atom. The number of aryl methyl sites for hydroxylation is 1. The van der Waals surface area contributed by atoms with Gasteiger partial charge in [-0.2, -0.15) is 0 Å². The first kappa shape index (κ1) is 14.5. The first-order valence-electron chi connectivity index (χ1n) is 6.21. The summed E-state index contributed by atoms with van der Waals surface area (Å²) in [5, 5.41) is 9.39. The van der Waals surface area contributed by atoms with Gasteiger partial charge in [0.05, 0.1) is 10.9 Å². The van der Waals surface area contributed by atoms with E-state index in [2.05, 4.69) is 0 Å². The van der Waals surface area contributed by atoms with Crippen molar-refractivity contribution in [1.29, 1.82) is 0 Å². The number of carboxylic acid groups (broad SMARTS) is 1. The molecule has 0 fully saturated rings. The second kappa shape index (κ2) is 6.06. The molecule has 2 aromatic carbocycles. The molecule has 0 spiro atoms. The Hall–Kier alpha value is -1.87. The fourth-order valence-corrected chi connectivity index (χ4v) is 2.35. The average Bonchev–Trinajstić information content (AvgIpc) is 2.40. The lowest BCUT2D eigenvalue weighted by molar-refractivity contribution is -0.138. The molecule has 0 aromatic heterocycles. The van der Waals surface area contributed by atoms with E-state index >= 15 is 0 Å². The fraction of sp³-hybridized carbons (Fsp3) is 0.188. The van der Waals surface area contributed by atoms with Gasteiger partial charge in [-0.3, -0.25) is 4.79 Å². The van der Waals surface area contributed by atoms with Gasteiger partial charge in [0, 0.05) is 0 Å². The molecule has 20 heavy (non-hydrogen) atoms. The predicted octanol–water partition coefficient (Wildman–Crippen LogP) is 4.20. The Bertz CT molecular complexity index is 640. The van der Waals surface area contributed by atoms with Crippen LogP contribution in [-0.2, 0) is 11.2 Å². The van der Waals surface area contributed by atoms with E-state index in [1.165, 1.54) is 6.07 Å². The monoisotopic (exact) mass is 292 g/mol. The van der Waals surface area contributed by atoms with Crippen molar-refractivity contribution >= 4 is 17.6 Å². The topological polar surface area (TPSA) is 37.3 Å². The zero-order chi connectivity index (χ0) is 14.7. The van der Waals surface area contributed by atoms with Gasteiger partial charge in [0.25, 0.3) is 0 Å². The van der Waals surface area contributed by atoms with E-state index in [-0.39, 0.29) is 11.4 Å². The van der Waals surface area contributed by atoms with E-state index in [1.54, 1.807) is 30.3 Å². The highest BCUT2D eigenvalue weighted by Gasteiger charge is 2.22. The number of rotatable bonds is 4. The van der Waals surface area contributed by atoms with Gasteiger partial charge in [-0.15, -0.1) is 0 Å². The first-order chi connectivity index (χ1) is 9.49. The summed E-state index contributed by atoms with van der Waals surface area (Å²) >= 11 is 5.73. The van der Waals surface area contributed by atoms with Crippen molar-refractivity contribution in [3.05, 3.63) is 70.0 Å². The van der Waals surface area contributed by atoms with Gasteiger partial charge in [0.2, 0.25) is 0 Å². The molecule has 0 amide bonds. The van der Waals surface area contributed by atoms with Gasteiger partial charge in [0.1, 0.15) is 5.82 Å². The third kappa shape index (κ3) is 3.17. The van der Waals surface area contributed by atoms with E-state index in [1.807, 2.05) is 13.0 Å². The Kier molecular flexibility index (Phi) is 4.40. The molecule has 2 rings (SSSR count). The third-order valence-electron chi connectivity index (χ3n) is 3.20. The van der Waals surface area contributed by atoms with Crippen molar-refractivity contribution in [3.8, 4) is 0 Å². The zero-order valence-electron chi connectivity index (χ0n) is 10.9. The molecule has 1 N–H and O–H groups in total. The van der Waals surface area contributed by atoms with Gasteiger partial charge >= 0.3 is 5.97 Å². The van der Waals surface area contributed by atoms with Crippen molar-refractivity contribution in [1.82, 2.24) is 0 Å². The molecule has 1 unspecified atom stereocenters. The number of carbonyl (C=O) groups is 1. The summed E-state index contributed by atoms with van der Waals surface area (Å²) in [7, 11) is 0. The van der Waals surface area contributed by atoms with Crippen LogP contribution >= 0.6 is 11.6 Å². The van der Waals surface area contributed by atoms with Gasteiger partial charge in [-0.05, 0) is 30.5 Å². The van der Waals surface area contributed by atoms with Crippen LogP contribution in [0, 0.1) is 12.7 Å². The van der Waals surface area contributed by atoms with Gasteiger partial charge in [-0.1, -0.05) is 53.6 Å². The van der Waals surface area contributed by atoms with Crippen molar-refractivity contribution in [2.24, 2.45) is 0 Å². The summed E-state index contributed by atoms with van der Waals surface area (Å²) in [6, 6.07) is 11.9. The van der Waals surface area contributed by atoms with Crippen LogP contribution in [0.4, 0.5) is 4.39 Å². The summed E-state index contributed by atoms with van der Waals surface area (Å²) in [6.07, 6.45) is 0.0746. The van der Waals surface area contributed by atoms with Crippen molar-refractivity contribution in [2.75, 3.05) is 0 Å². The Labute approximate surface area is 121 Å². The minimum absolute atomic E-state index is 0.0101. The Balaban J connectivity index is 2.36. The van der Waals surface area contributed by atoms with E-state index in [0.29, 0.717) is 11.1 Å². The molecular formula is C16H14ClFO2. The Morgan fingerprint density at radius 2 is 2.00 bits per heavy atom. The minimum Gasteiger partial charge on any atom is -0.481 e. The summed E-state index contributed by atoms with van der Waals surface area (Å²) in [6.45, 7) is 1.89. The molecule has 0 aliphatic rings. The molecule has 0 aliphatic carbocycles. The highest BCUT2D eigenvalue weighted by molar-refractivity contribution is 6.30. The number of hydrogen-bond acceptors (Lipinski definition) is 1. The second-order valence-electron chi connectivity index (χ2n) is 4.72. The van der Waals surface area contributed by atoms with E-state index in [0.717, 1.165) is 5.56 Å². The van der Waals surface area contributed by atoms with Crippen molar-refractivity contribution in [2.45, 2.75) is 19.3 Å². The van der Waals surface area contributed by atoms with Crippen LogP contribution < -0.4 is 0 Å². The van der Waals surface area contributed by atoms with E-state index in [9.17, 15) is 14.3 Å². The highest BCUT2D eigenvalue weighted by Crippen LogP contribution is 2.26. The van der Waals surface area contributed by atoms with Crippen LogP contribution in [0.5, 0.6) is 0 Å². The molecule has 0 saturated heterocycles. The lowest BCUT2D eigenvalue weighted by Gasteiger charge is -2.14. The van der Waals surface area contributed by atoms with Crippen LogP contribution in [0.2, 0.25) is 5.02 Å². The minimum atomic E-state index is -0.977. The largest absolute Gasteiger partial charge is 0.481 e. The zero-order valence-corrected chi connectivity index (χ0v) is 11.7. The number of halogens is 2. The second-order valence-corrected chi connectivity index (χ2v) is 5.13. The lowest BCUT2D eigenvalue weighted by Crippen LogP contribution is -2.15. The van der Waals surface area contributed by atoms with E-state index < -0.39 is 17.7 Å². The van der Waals surface area contributed by atoms with Gasteiger partial charge < -0.3 is 5.11 Å². The number of benzene rings is 2. The molecule has 2 aromatic rings. The maximum atomic E-state index is 13.9. The maximum Gasteiger partial charge on any atom is 0.311 e. The third-order valence-corrected chi connectivity index (χ3v) is 3.49. The SMILES string of the molecule is Cc1cccc(C(Cc2cccc(Cl)c2F)C(=O)O)c1. The van der Waals surface area contributed by atoms with Crippen LogP contribution in [0.15, 0.2) is 42.5 Å². The lowest BCUT2D eigenvalue weighted by atomic mass is 9.91. The van der Waals surface area contributed by atoms with Crippen molar-refractivity contribution in [3.63, 3.8) is 0 Å².